The molecule has 0 aromatic carbocycles. The predicted molar refractivity (Wildman–Crippen MR) is 63.3 cm³/mol. The number of aliphatic carboxylic acids is 1. The van der Waals surface area contributed by atoms with Gasteiger partial charge in [-0.1, -0.05) is 24.6 Å². The summed E-state index contributed by atoms with van der Waals surface area (Å²) in [7, 11) is 0. The molecule has 0 atom stereocenters. The molecule has 1 heterocycles. The van der Waals surface area contributed by atoms with E-state index in [4.69, 9.17) is 5.73 Å². The molecule has 1 aromatic heterocycles. The number of hydrogen-bond acceptors (Lipinski definition) is 4. The number of hydrogen-bond donors (Lipinski definition) is 2. The van der Waals surface area contributed by atoms with E-state index in [0.29, 0.717) is 23.6 Å². The third kappa shape index (κ3) is 2.00. The molecule has 0 amide bonds. The Morgan fingerprint density at radius 2 is 2.19 bits per heavy atom. The lowest BCUT2D eigenvalue weighted by molar-refractivity contribution is -0.139. The monoisotopic (exact) mass is 238 g/mol. The Labute approximate surface area is 98.3 Å². The highest BCUT2D eigenvalue weighted by molar-refractivity contribution is 8.01. The summed E-state index contributed by atoms with van der Waals surface area (Å²) in [6.07, 6.45) is 4.97. The number of aromatic nitrogens is 1. The molecule has 3 N–H and O–H groups in total. The van der Waals surface area contributed by atoms with Crippen molar-refractivity contribution in [2.75, 3.05) is 5.73 Å². The van der Waals surface area contributed by atoms with Gasteiger partial charge in [-0.2, -0.15) is 0 Å². The second-order valence-electron chi connectivity index (χ2n) is 4.01. The number of carboxylic acids is 1. The van der Waals surface area contributed by atoms with Crippen molar-refractivity contribution < 1.29 is 9.90 Å². The summed E-state index contributed by atoms with van der Waals surface area (Å²) in [6, 6.07) is 3.50. The quantitative estimate of drug-likeness (QED) is 0.843. The van der Waals surface area contributed by atoms with Crippen LogP contribution in [0.5, 0.6) is 0 Å². The van der Waals surface area contributed by atoms with Crippen molar-refractivity contribution in [2.45, 2.75) is 35.5 Å². The van der Waals surface area contributed by atoms with Crippen LogP contribution in [0.3, 0.4) is 0 Å². The Morgan fingerprint density at radius 1 is 1.50 bits per heavy atom. The summed E-state index contributed by atoms with van der Waals surface area (Å²) in [5.41, 5.74) is 6.34. The standard InChI is InChI=1S/C11H14N2O2S/c12-8-4-3-7-13-9(8)16-11(10(14)15)5-1-2-6-11/h3-4,7H,1-2,5-6,12H2,(H,14,15). The Balaban J connectivity index is 2.25. The summed E-state index contributed by atoms with van der Waals surface area (Å²) in [5.74, 6) is -0.750. The fourth-order valence-corrected chi connectivity index (χ4v) is 3.23. The molecule has 0 saturated heterocycles. The fraction of sp³-hybridized carbons (Fsp3) is 0.455. The second-order valence-corrected chi connectivity index (χ2v) is 5.38. The molecular formula is C11H14N2O2S. The van der Waals surface area contributed by atoms with Gasteiger partial charge in [0.1, 0.15) is 9.77 Å². The largest absolute Gasteiger partial charge is 0.480 e. The molecule has 1 aliphatic carbocycles. The van der Waals surface area contributed by atoms with E-state index < -0.39 is 10.7 Å². The van der Waals surface area contributed by atoms with Gasteiger partial charge in [0.15, 0.2) is 0 Å². The molecule has 0 spiro atoms. The Hall–Kier alpha value is -1.23. The highest BCUT2D eigenvalue weighted by Gasteiger charge is 2.43. The Bertz CT molecular complexity index is 403. The third-order valence-corrected chi connectivity index (χ3v) is 4.40. The zero-order chi connectivity index (χ0) is 11.6. The first-order valence-corrected chi connectivity index (χ1v) is 6.09. The predicted octanol–water partition coefficient (Wildman–Crippen LogP) is 2.15. The zero-order valence-corrected chi connectivity index (χ0v) is 9.67. The van der Waals surface area contributed by atoms with Crippen molar-refractivity contribution >= 4 is 23.4 Å². The molecule has 1 aliphatic rings. The van der Waals surface area contributed by atoms with Gasteiger partial charge in [-0.25, -0.2) is 4.98 Å². The Kier molecular flexibility index (Phi) is 3.05. The number of nitrogen functional groups attached to an aromatic ring is 1. The van der Waals surface area contributed by atoms with Gasteiger partial charge in [-0.05, 0) is 25.0 Å². The highest BCUT2D eigenvalue weighted by atomic mass is 32.2. The lowest BCUT2D eigenvalue weighted by atomic mass is 10.1. The van der Waals surface area contributed by atoms with Crippen molar-refractivity contribution in [3.8, 4) is 0 Å². The summed E-state index contributed by atoms with van der Waals surface area (Å²) in [5, 5.41) is 9.96. The molecule has 1 fully saturated rings. The molecule has 0 aliphatic heterocycles. The van der Waals surface area contributed by atoms with Crippen LogP contribution in [0.4, 0.5) is 5.69 Å². The van der Waals surface area contributed by atoms with Gasteiger partial charge < -0.3 is 10.8 Å². The number of nitrogens with two attached hydrogens (primary N) is 1. The van der Waals surface area contributed by atoms with Gasteiger partial charge in [0.05, 0.1) is 5.69 Å². The number of pyridine rings is 1. The van der Waals surface area contributed by atoms with Crippen LogP contribution in [-0.4, -0.2) is 20.8 Å². The molecule has 0 radical (unpaired) electrons. The zero-order valence-electron chi connectivity index (χ0n) is 8.85. The summed E-state index contributed by atoms with van der Waals surface area (Å²) < 4.78 is -0.720. The van der Waals surface area contributed by atoms with Crippen LogP contribution in [0.25, 0.3) is 0 Å². The number of nitrogens with zero attached hydrogens (tertiary/aromatic N) is 1. The maximum atomic E-state index is 11.3. The van der Waals surface area contributed by atoms with Crippen LogP contribution in [0, 0.1) is 0 Å². The molecule has 0 unspecified atom stereocenters. The van der Waals surface area contributed by atoms with E-state index in [1.807, 2.05) is 0 Å². The van der Waals surface area contributed by atoms with Gasteiger partial charge in [-0.15, -0.1) is 0 Å². The van der Waals surface area contributed by atoms with Crippen molar-refractivity contribution in [1.82, 2.24) is 4.98 Å². The molecule has 16 heavy (non-hydrogen) atoms. The van der Waals surface area contributed by atoms with Crippen LogP contribution < -0.4 is 5.73 Å². The van der Waals surface area contributed by atoms with Gasteiger partial charge in [0, 0.05) is 6.20 Å². The number of thioether (sulfide) groups is 1. The van der Waals surface area contributed by atoms with Crippen molar-refractivity contribution in [1.29, 1.82) is 0 Å². The van der Waals surface area contributed by atoms with E-state index in [1.54, 1.807) is 18.3 Å². The van der Waals surface area contributed by atoms with E-state index in [2.05, 4.69) is 4.98 Å². The minimum Gasteiger partial charge on any atom is -0.480 e. The van der Waals surface area contributed by atoms with Gasteiger partial charge >= 0.3 is 5.97 Å². The molecule has 4 nitrogen and oxygen atoms in total. The number of carbonyl (C=O) groups is 1. The van der Waals surface area contributed by atoms with Crippen molar-refractivity contribution in [2.24, 2.45) is 0 Å². The lowest BCUT2D eigenvalue weighted by Gasteiger charge is -2.22. The van der Waals surface area contributed by atoms with Gasteiger partial charge in [0.2, 0.25) is 0 Å². The fourth-order valence-electron chi connectivity index (χ4n) is 1.98. The van der Waals surface area contributed by atoms with Crippen molar-refractivity contribution in [3.63, 3.8) is 0 Å². The molecule has 1 saturated carbocycles. The molecule has 1 aromatic rings. The van der Waals surface area contributed by atoms with E-state index in [-0.39, 0.29) is 0 Å². The first-order valence-electron chi connectivity index (χ1n) is 5.27. The molecule has 0 bridgehead atoms. The van der Waals surface area contributed by atoms with E-state index in [9.17, 15) is 9.90 Å². The second kappa shape index (κ2) is 4.33. The van der Waals surface area contributed by atoms with E-state index in [0.717, 1.165) is 12.8 Å². The summed E-state index contributed by atoms with van der Waals surface area (Å²) >= 11 is 1.30. The van der Waals surface area contributed by atoms with E-state index in [1.165, 1.54) is 11.8 Å². The maximum Gasteiger partial charge on any atom is 0.320 e. The topological polar surface area (TPSA) is 76.2 Å². The van der Waals surface area contributed by atoms with Crippen molar-refractivity contribution in [3.05, 3.63) is 18.3 Å². The minimum absolute atomic E-state index is 0.556. The SMILES string of the molecule is Nc1cccnc1SC1(C(=O)O)CCCC1. The number of rotatable bonds is 3. The van der Waals surface area contributed by atoms with Crippen LogP contribution >= 0.6 is 11.8 Å². The van der Waals surface area contributed by atoms with Gasteiger partial charge in [0.25, 0.3) is 0 Å². The molecular weight excluding hydrogens is 224 g/mol. The van der Waals surface area contributed by atoms with E-state index >= 15 is 0 Å². The van der Waals surface area contributed by atoms with Gasteiger partial charge in [-0.3, -0.25) is 4.79 Å². The normalized spacial score (nSPS) is 18.5. The first kappa shape index (κ1) is 11.3. The van der Waals surface area contributed by atoms with Crippen LogP contribution in [0.15, 0.2) is 23.4 Å². The average Bonchev–Trinajstić information content (AvgIpc) is 2.71. The van der Waals surface area contributed by atoms with Crippen LogP contribution in [0.2, 0.25) is 0 Å². The van der Waals surface area contributed by atoms with Crippen LogP contribution in [0.1, 0.15) is 25.7 Å². The maximum absolute atomic E-state index is 11.3. The minimum atomic E-state index is -0.750. The van der Waals surface area contributed by atoms with Crippen LogP contribution in [-0.2, 0) is 4.79 Å². The first-order chi connectivity index (χ1) is 7.64. The highest BCUT2D eigenvalue weighted by Crippen LogP contribution is 2.46. The molecule has 86 valence electrons. The average molecular weight is 238 g/mol. The number of carboxylic acid groups (broad SMARTS) is 1. The summed E-state index contributed by atoms with van der Waals surface area (Å²) in [4.78, 5) is 15.5. The lowest BCUT2D eigenvalue weighted by Crippen LogP contribution is -2.31. The number of anilines is 1. The smallest absolute Gasteiger partial charge is 0.320 e. The summed E-state index contributed by atoms with van der Waals surface area (Å²) in [6.45, 7) is 0. The molecule has 5 heteroatoms. The molecule has 2 rings (SSSR count). The Morgan fingerprint density at radius 3 is 2.75 bits per heavy atom. The third-order valence-electron chi connectivity index (χ3n) is 2.89.